The third-order valence-electron chi connectivity index (χ3n) is 4.65. The lowest BCUT2D eigenvalue weighted by Gasteiger charge is -2.20. The fourth-order valence-corrected chi connectivity index (χ4v) is 3.10. The van der Waals surface area contributed by atoms with Crippen LogP contribution in [0.15, 0.2) is 67.0 Å². The Hall–Kier alpha value is -3.74. The van der Waals surface area contributed by atoms with Crippen LogP contribution in [-0.2, 0) is 6.42 Å². The van der Waals surface area contributed by atoms with E-state index in [1.54, 1.807) is 17.3 Å². The summed E-state index contributed by atoms with van der Waals surface area (Å²) in [7, 11) is 0. The third kappa shape index (κ3) is 4.40. The van der Waals surface area contributed by atoms with Crippen molar-refractivity contribution in [1.82, 2.24) is 24.8 Å². The molecule has 7 heteroatoms. The molecule has 146 valence electrons. The molecule has 0 aliphatic rings. The van der Waals surface area contributed by atoms with Crippen molar-refractivity contribution >= 4 is 28.6 Å². The van der Waals surface area contributed by atoms with Crippen LogP contribution in [0.25, 0.3) is 11.0 Å². The van der Waals surface area contributed by atoms with E-state index in [0.29, 0.717) is 31.0 Å². The van der Waals surface area contributed by atoms with Crippen molar-refractivity contribution in [2.45, 2.75) is 13.3 Å². The minimum atomic E-state index is -0.0881. The molecule has 0 aliphatic carbocycles. The van der Waals surface area contributed by atoms with Crippen LogP contribution < -0.4 is 5.32 Å². The van der Waals surface area contributed by atoms with Gasteiger partial charge in [-0.2, -0.15) is 0 Å². The maximum Gasteiger partial charge on any atom is 0.256 e. The number of nitrogens with one attached hydrogen (secondary N) is 2. The zero-order chi connectivity index (χ0) is 20.1. The van der Waals surface area contributed by atoms with E-state index in [0.717, 1.165) is 22.5 Å². The smallest absolute Gasteiger partial charge is 0.256 e. The average molecular weight is 386 g/mol. The molecule has 1 amide bonds. The number of hydrogen-bond donors (Lipinski definition) is 2. The van der Waals surface area contributed by atoms with Crippen LogP contribution in [0.1, 0.15) is 23.1 Å². The Morgan fingerprint density at radius 3 is 2.48 bits per heavy atom. The van der Waals surface area contributed by atoms with Gasteiger partial charge in [0.05, 0.1) is 16.6 Å². The number of hydrogen-bond acceptors (Lipinski definition) is 5. The zero-order valence-electron chi connectivity index (χ0n) is 16.2. The maximum absolute atomic E-state index is 12.8. The second-order valence-corrected chi connectivity index (χ2v) is 6.62. The van der Waals surface area contributed by atoms with Crippen LogP contribution in [0.3, 0.4) is 0 Å². The summed E-state index contributed by atoms with van der Waals surface area (Å²) in [6.07, 6.45) is 3.78. The number of rotatable bonds is 7. The number of para-hydroxylation sites is 3. The molecule has 4 rings (SSSR count). The Bertz CT molecular complexity index is 1060. The number of aromatic amines is 1. The number of carbonyl (C=O) groups excluding carboxylic acids is 1. The quantitative estimate of drug-likeness (QED) is 0.504. The average Bonchev–Trinajstić information content (AvgIpc) is 3.18. The highest BCUT2D eigenvalue weighted by molar-refractivity contribution is 5.93. The van der Waals surface area contributed by atoms with Gasteiger partial charge in [-0.3, -0.25) is 4.79 Å². The van der Waals surface area contributed by atoms with Gasteiger partial charge in [-0.1, -0.05) is 30.3 Å². The number of benzene rings is 2. The van der Waals surface area contributed by atoms with Gasteiger partial charge in [0.2, 0.25) is 5.95 Å². The highest BCUT2D eigenvalue weighted by Crippen LogP contribution is 2.13. The first-order valence-corrected chi connectivity index (χ1v) is 9.60. The summed E-state index contributed by atoms with van der Waals surface area (Å²) in [6.45, 7) is 3.13. The van der Waals surface area contributed by atoms with Crippen LogP contribution in [0.4, 0.5) is 11.6 Å². The van der Waals surface area contributed by atoms with E-state index >= 15 is 0 Å². The largest absolute Gasteiger partial charge is 0.342 e. The van der Waals surface area contributed by atoms with Crippen LogP contribution in [-0.4, -0.2) is 43.8 Å². The highest BCUT2D eigenvalue weighted by atomic mass is 16.2. The molecule has 7 nitrogen and oxygen atoms in total. The zero-order valence-corrected chi connectivity index (χ0v) is 16.2. The molecule has 2 heterocycles. The predicted molar refractivity (Wildman–Crippen MR) is 113 cm³/mol. The predicted octanol–water partition coefficient (Wildman–Crippen LogP) is 3.80. The Morgan fingerprint density at radius 1 is 1.03 bits per heavy atom. The van der Waals surface area contributed by atoms with Crippen molar-refractivity contribution < 1.29 is 4.79 Å². The molecule has 2 aromatic heterocycles. The molecule has 29 heavy (non-hydrogen) atoms. The summed E-state index contributed by atoms with van der Waals surface area (Å²) < 4.78 is 0. The number of imidazole rings is 1. The van der Waals surface area contributed by atoms with E-state index < -0.39 is 0 Å². The summed E-state index contributed by atoms with van der Waals surface area (Å²) in [5.74, 6) is 1.24. The lowest BCUT2D eigenvalue weighted by Crippen LogP contribution is -2.33. The number of H-pyrrole nitrogens is 1. The Balaban J connectivity index is 1.39. The first kappa shape index (κ1) is 18.6. The SMILES string of the molecule is CCN(CCc1nc2ccccc2[nH]1)C(=O)c1cnc(Nc2ccccc2)nc1. The second-order valence-electron chi connectivity index (χ2n) is 6.62. The summed E-state index contributed by atoms with van der Waals surface area (Å²) >= 11 is 0. The van der Waals surface area contributed by atoms with Crippen molar-refractivity contribution in [3.8, 4) is 0 Å². The molecule has 0 fully saturated rings. The van der Waals surface area contributed by atoms with E-state index in [1.807, 2.05) is 61.5 Å². The molecule has 0 radical (unpaired) electrons. The Kier molecular flexibility index (Phi) is 5.47. The van der Waals surface area contributed by atoms with Gasteiger partial charge >= 0.3 is 0 Å². The first-order valence-electron chi connectivity index (χ1n) is 9.60. The van der Waals surface area contributed by atoms with E-state index in [1.165, 1.54) is 0 Å². The molecule has 0 saturated heterocycles. The maximum atomic E-state index is 12.8. The van der Waals surface area contributed by atoms with Crippen molar-refractivity contribution in [2.24, 2.45) is 0 Å². The molecule has 4 aromatic rings. The van der Waals surface area contributed by atoms with Gasteiger partial charge in [-0.15, -0.1) is 0 Å². The molecular formula is C22H22N6O. The molecule has 0 aliphatic heterocycles. The van der Waals surface area contributed by atoms with Crippen molar-refractivity contribution in [1.29, 1.82) is 0 Å². The van der Waals surface area contributed by atoms with E-state index in [9.17, 15) is 4.79 Å². The molecule has 0 saturated carbocycles. The summed E-state index contributed by atoms with van der Waals surface area (Å²) in [4.78, 5) is 31.0. The van der Waals surface area contributed by atoms with Crippen molar-refractivity contribution in [3.05, 3.63) is 78.4 Å². The third-order valence-corrected chi connectivity index (χ3v) is 4.65. The normalized spacial score (nSPS) is 10.8. The van der Waals surface area contributed by atoms with Gasteiger partial charge in [0, 0.05) is 37.6 Å². The number of nitrogens with zero attached hydrogens (tertiary/aromatic N) is 4. The number of amides is 1. The Morgan fingerprint density at radius 2 is 1.76 bits per heavy atom. The van der Waals surface area contributed by atoms with Gasteiger partial charge < -0.3 is 15.2 Å². The number of fused-ring (bicyclic) bond motifs is 1. The fraction of sp³-hybridized carbons (Fsp3) is 0.182. The second kappa shape index (κ2) is 8.52. The first-order chi connectivity index (χ1) is 14.2. The Labute approximate surface area is 168 Å². The molecule has 0 spiro atoms. The summed E-state index contributed by atoms with van der Waals surface area (Å²) in [5.41, 5.74) is 3.31. The number of likely N-dealkylation sites (N-methyl/N-ethyl adjacent to an activating group) is 1. The molecule has 0 bridgehead atoms. The van der Waals surface area contributed by atoms with Crippen molar-refractivity contribution in [2.75, 3.05) is 18.4 Å². The van der Waals surface area contributed by atoms with E-state index in [4.69, 9.17) is 0 Å². The minimum absolute atomic E-state index is 0.0881. The lowest BCUT2D eigenvalue weighted by molar-refractivity contribution is 0.0765. The number of carbonyl (C=O) groups is 1. The van der Waals surface area contributed by atoms with Gasteiger partial charge in [0.15, 0.2) is 0 Å². The fourth-order valence-electron chi connectivity index (χ4n) is 3.10. The minimum Gasteiger partial charge on any atom is -0.342 e. The van der Waals surface area contributed by atoms with Crippen LogP contribution in [0.5, 0.6) is 0 Å². The van der Waals surface area contributed by atoms with Gasteiger partial charge in [-0.25, -0.2) is 15.0 Å². The van der Waals surface area contributed by atoms with Crippen molar-refractivity contribution in [3.63, 3.8) is 0 Å². The molecule has 0 unspecified atom stereocenters. The molecule has 2 N–H and O–H groups in total. The monoisotopic (exact) mass is 386 g/mol. The molecule has 0 atom stereocenters. The van der Waals surface area contributed by atoms with Gasteiger partial charge in [0.25, 0.3) is 5.91 Å². The van der Waals surface area contributed by atoms with Gasteiger partial charge in [0.1, 0.15) is 5.82 Å². The standard InChI is InChI=1S/C22H22N6O/c1-2-28(13-12-20-26-18-10-6-7-11-19(18)27-20)21(29)16-14-23-22(24-15-16)25-17-8-4-3-5-9-17/h3-11,14-15H,2,12-13H2,1H3,(H,26,27)(H,23,24,25). The van der Waals surface area contributed by atoms with Crippen LogP contribution in [0, 0.1) is 0 Å². The van der Waals surface area contributed by atoms with Crippen LogP contribution >= 0.6 is 0 Å². The summed E-state index contributed by atoms with van der Waals surface area (Å²) in [5, 5.41) is 3.11. The van der Waals surface area contributed by atoms with E-state index in [-0.39, 0.29) is 5.91 Å². The van der Waals surface area contributed by atoms with E-state index in [2.05, 4.69) is 25.3 Å². The van der Waals surface area contributed by atoms with Gasteiger partial charge in [-0.05, 0) is 31.2 Å². The highest BCUT2D eigenvalue weighted by Gasteiger charge is 2.16. The number of aromatic nitrogens is 4. The molecule has 2 aromatic carbocycles. The topological polar surface area (TPSA) is 86.8 Å². The lowest BCUT2D eigenvalue weighted by atomic mass is 10.2. The number of anilines is 2. The molecular weight excluding hydrogens is 364 g/mol. The van der Waals surface area contributed by atoms with Crippen LogP contribution in [0.2, 0.25) is 0 Å². The summed E-state index contributed by atoms with van der Waals surface area (Å²) in [6, 6.07) is 17.6.